The zero-order chi connectivity index (χ0) is 9.40. The summed E-state index contributed by atoms with van der Waals surface area (Å²) in [5.41, 5.74) is 0. The van der Waals surface area contributed by atoms with E-state index in [1.807, 2.05) is 0 Å². The predicted octanol–water partition coefficient (Wildman–Crippen LogP) is 2.70. The molecule has 0 aliphatic rings. The van der Waals surface area contributed by atoms with Crippen molar-refractivity contribution in [3.05, 3.63) is 0 Å². The monoisotopic (exact) mass is 173 g/mol. The van der Waals surface area contributed by atoms with Gasteiger partial charge in [-0.05, 0) is 12.3 Å². The minimum Gasteiger partial charge on any atom is -0.302 e. The van der Waals surface area contributed by atoms with Crippen molar-refractivity contribution >= 4 is 0 Å². The summed E-state index contributed by atoms with van der Waals surface area (Å²) in [6.45, 7) is 8.82. The van der Waals surface area contributed by atoms with Crippen molar-refractivity contribution in [3.63, 3.8) is 0 Å². The Morgan fingerprint density at radius 3 is 2.42 bits per heavy atom. The summed E-state index contributed by atoms with van der Waals surface area (Å²) in [6, 6.07) is 0. The summed E-state index contributed by atoms with van der Waals surface area (Å²) in [6.07, 6.45) is 3.69. The summed E-state index contributed by atoms with van der Waals surface area (Å²) in [7, 11) is 1.76. The fraction of sp³-hybridized carbons (Fsp3) is 1.00. The van der Waals surface area contributed by atoms with Gasteiger partial charge in [-0.3, -0.25) is 0 Å². The van der Waals surface area contributed by atoms with Gasteiger partial charge < -0.3 is 4.84 Å². The quantitative estimate of drug-likeness (QED) is 0.549. The van der Waals surface area contributed by atoms with E-state index in [0.717, 1.165) is 19.0 Å². The number of nitrogens with zero attached hydrogens (tertiary/aromatic N) is 1. The first-order valence-corrected chi connectivity index (χ1v) is 5.03. The molecule has 2 nitrogen and oxygen atoms in total. The van der Waals surface area contributed by atoms with Crippen LogP contribution in [-0.2, 0) is 4.84 Å². The van der Waals surface area contributed by atoms with Gasteiger partial charge in [0.2, 0.25) is 0 Å². The Morgan fingerprint density at radius 2 is 2.00 bits per heavy atom. The maximum Gasteiger partial charge on any atom is 0.0575 e. The standard InChI is InChI=1S/C10H23NO/c1-5-7-8-11(12-4)9-10(3)6-2/h10H,5-9H2,1-4H3. The molecule has 0 aliphatic carbocycles. The molecule has 74 valence electrons. The van der Waals surface area contributed by atoms with Crippen molar-refractivity contribution < 1.29 is 4.84 Å². The molecule has 0 fully saturated rings. The average molecular weight is 173 g/mol. The molecule has 0 saturated heterocycles. The third kappa shape index (κ3) is 5.56. The maximum atomic E-state index is 5.26. The van der Waals surface area contributed by atoms with E-state index in [2.05, 4.69) is 25.8 Å². The van der Waals surface area contributed by atoms with E-state index in [4.69, 9.17) is 4.84 Å². The first-order chi connectivity index (χ1) is 5.74. The Labute approximate surface area is 76.9 Å². The smallest absolute Gasteiger partial charge is 0.0575 e. The highest BCUT2D eigenvalue weighted by Crippen LogP contribution is 2.05. The van der Waals surface area contributed by atoms with Crippen molar-refractivity contribution in [2.75, 3.05) is 20.2 Å². The molecule has 0 aromatic heterocycles. The van der Waals surface area contributed by atoms with Gasteiger partial charge in [0.05, 0.1) is 7.11 Å². The van der Waals surface area contributed by atoms with Crippen molar-refractivity contribution in [3.8, 4) is 0 Å². The number of hydrogen-bond donors (Lipinski definition) is 0. The van der Waals surface area contributed by atoms with E-state index in [1.54, 1.807) is 7.11 Å². The zero-order valence-electron chi connectivity index (χ0n) is 8.97. The van der Waals surface area contributed by atoms with Crippen LogP contribution in [0.25, 0.3) is 0 Å². The highest BCUT2D eigenvalue weighted by molar-refractivity contribution is 4.53. The van der Waals surface area contributed by atoms with Gasteiger partial charge in [-0.25, -0.2) is 0 Å². The molecule has 0 radical (unpaired) electrons. The van der Waals surface area contributed by atoms with E-state index < -0.39 is 0 Å². The molecule has 0 bridgehead atoms. The van der Waals surface area contributed by atoms with E-state index in [1.165, 1.54) is 19.3 Å². The Balaban J connectivity index is 3.51. The van der Waals surface area contributed by atoms with Crippen molar-refractivity contribution in [1.82, 2.24) is 5.06 Å². The molecule has 0 heterocycles. The molecular weight excluding hydrogens is 150 g/mol. The molecule has 12 heavy (non-hydrogen) atoms. The highest BCUT2D eigenvalue weighted by atomic mass is 16.7. The lowest BCUT2D eigenvalue weighted by atomic mass is 10.1. The van der Waals surface area contributed by atoms with Crippen molar-refractivity contribution in [2.24, 2.45) is 5.92 Å². The Hall–Kier alpha value is -0.0800. The zero-order valence-corrected chi connectivity index (χ0v) is 8.97. The molecule has 0 rings (SSSR count). The highest BCUT2D eigenvalue weighted by Gasteiger charge is 2.06. The Kier molecular flexibility index (Phi) is 7.51. The van der Waals surface area contributed by atoms with Crippen LogP contribution in [0.4, 0.5) is 0 Å². The largest absolute Gasteiger partial charge is 0.302 e. The molecule has 0 aromatic rings. The van der Waals surface area contributed by atoms with Gasteiger partial charge in [0.25, 0.3) is 0 Å². The third-order valence-electron chi connectivity index (χ3n) is 2.23. The van der Waals surface area contributed by atoms with Crippen LogP contribution in [0.1, 0.15) is 40.0 Å². The number of unbranched alkanes of at least 4 members (excludes halogenated alkanes) is 1. The van der Waals surface area contributed by atoms with Gasteiger partial charge >= 0.3 is 0 Å². The van der Waals surface area contributed by atoms with Crippen LogP contribution in [0, 0.1) is 5.92 Å². The van der Waals surface area contributed by atoms with Crippen LogP contribution in [0.15, 0.2) is 0 Å². The summed E-state index contributed by atoms with van der Waals surface area (Å²) < 4.78 is 0. The molecule has 0 spiro atoms. The summed E-state index contributed by atoms with van der Waals surface area (Å²) in [5.74, 6) is 0.738. The fourth-order valence-electron chi connectivity index (χ4n) is 1.07. The van der Waals surface area contributed by atoms with Crippen LogP contribution >= 0.6 is 0 Å². The Bertz CT molecular complexity index is 95.8. The summed E-state index contributed by atoms with van der Waals surface area (Å²) >= 11 is 0. The lowest BCUT2D eigenvalue weighted by Crippen LogP contribution is -2.28. The average Bonchev–Trinajstić information content (AvgIpc) is 2.11. The van der Waals surface area contributed by atoms with E-state index in [-0.39, 0.29) is 0 Å². The summed E-state index contributed by atoms with van der Waals surface area (Å²) in [4.78, 5) is 5.26. The van der Waals surface area contributed by atoms with Gasteiger partial charge in [0, 0.05) is 13.1 Å². The second-order valence-corrected chi connectivity index (χ2v) is 3.44. The molecule has 0 amide bonds. The minimum atomic E-state index is 0.738. The second-order valence-electron chi connectivity index (χ2n) is 3.44. The Morgan fingerprint density at radius 1 is 1.33 bits per heavy atom. The third-order valence-corrected chi connectivity index (χ3v) is 2.23. The molecule has 2 heteroatoms. The first kappa shape index (κ1) is 11.9. The van der Waals surface area contributed by atoms with Crippen molar-refractivity contribution in [2.45, 2.75) is 40.0 Å². The topological polar surface area (TPSA) is 12.5 Å². The molecule has 0 aromatic carbocycles. The SMILES string of the molecule is CCCCN(CC(C)CC)OC. The predicted molar refractivity (Wildman–Crippen MR) is 52.9 cm³/mol. The van der Waals surface area contributed by atoms with Crippen LogP contribution in [0.3, 0.4) is 0 Å². The molecular formula is C10H23NO. The molecule has 1 unspecified atom stereocenters. The van der Waals surface area contributed by atoms with Crippen LogP contribution in [0.2, 0.25) is 0 Å². The molecule has 0 N–H and O–H groups in total. The van der Waals surface area contributed by atoms with Crippen LogP contribution < -0.4 is 0 Å². The summed E-state index contributed by atoms with van der Waals surface area (Å²) in [5, 5.41) is 2.07. The fourth-order valence-corrected chi connectivity index (χ4v) is 1.07. The number of rotatable bonds is 7. The van der Waals surface area contributed by atoms with E-state index >= 15 is 0 Å². The van der Waals surface area contributed by atoms with Crippen LogP contribution in [-0.4, -0.2) is 25.3 Å². The second kappa shape index (κ2) is 7.56. The minimum absolute atomic E-state index is 0.738. The molecule has 1 atom stereocenters. The van der Waals surface area contributed by atoms with Crippen LogP contribution in [0.5, 0.6) is 0 Å². The molecule has 0 saturated carbocycles. The first-order valence-electron chi connectivity index (χ1n) is 5.03. The van der Waals surface area contributed by atoms with Gasteiger partial charge in [0.1, 0.15) is 0 Å². The number of hydroxylamine groups is 2. The van der Waals surface area contributed by atoms with Gasteiger partial charge in [0.15, 0.2) is 0 Å². The van der Waals surface area contributed by atoms with E-state index in [0.29, 0.717) is 0 Å². The lowest BCUT2D eigenvalue weighted by Gasteiger charge is -2.22. The van der Waals surface area contributed by atoms with Gasteiger partial charge in [-0.2, -0.15) is 5.06 Å². The molecule has 0 aliphatic heterocycles. The maximum absolute atomic E-state index is 5.26. The van der Waals surface area contributed by atoms with Crippen molar-refractivity contribution in [1.29, 1.82) is 0 Å². The van der Waals surface area contributed by atoms with E-state index in [9.17, 15) is 0 Å². The van der Waals surface area contributed by atoms with Gasteiger partial charge in [-0.1, -0.05) is 33.6 Å². The van der Waals surface area contributed by atoms with Gasteiger partial charge in [-0.15, -0.1) is 0 Å². The normalized spacial score (nSPS) is 13.8. The lowest BCUT2D eigenvalue weighted by molar-refractivity contribution is -0.139. The number of hydrogen-bond acceptors (Lipinski definition) is 2.